The van der Waals surface area contributed by atoms with Gasteiger partial charge in [-0.3, -0.25) is 4.79 Å². The van der Waals surface area contributed by atoms with Crippen LogP contribution < -0.4 is 0 Å². The highest BCUT2D eigenvalue weighted by atomic mass is 19.4. The summed E-state index contributed by atoms with van der Waals surface area (Å²) < 4.78 is 43.2. The molecule has 1 aliphatic heterocycles. The van der Waals surface area contributed by atoms with Crippen molar-refractivity contribution < 1.29 is 22.7 Å². The predicted octanol–water partition coefficient (Wildman–Crippen LogP) is 4.24. The highest BCUT2D eigenvalue weighted by molar-refractivity contribution is 5.89. The molecule has 1 unspecified atom stereocenters. The Labute approximate surface area is 131 Å². The minimum Gasteiger partial charge on any atom is -0.461 e. The summed E-state index contributed by atoms with van der Waals surface area (Å²) in [7, 11) is 0. The van der Waals surface area contributed by atoms with Crippen LogP contribution in [0.25, 0.3) is 0 Å². The normalized spacial score (nSPS) is 20.3. The Morgan fingerprint density at radius 1 is 0.957 bits per heavy atom. The molecule has 1 fully saturated rings. The highest BCUT2D eigenvalue weighted by Crippen LogP contribution is 2.45. The van der Waals surface area contributed by atoms with E-state index in [1.807, 2.05) is 0 Å². The van der Waals surface area contributed by atoms with Crippen LogP contribution in [0.5, 0.6) is 0 Å². The number of ether oxygens (including phenoxy) is 1. The van der Waals surface area contributed by atoms with Crippen LogP contribution in [0.1, 0.15) is 24.0 Å². The zero-order valence-corrected chi connectivity index (χ0v) is 12.2. The molecule has 2 aromatic rings. The topological polar surface area (TPSA) is 26.3 Å². The fourth-order valence-electron chi connectivity index (χ4n) is 3.17. The Balaban J connectivity index is 2.06. The number of carbonyl (C=O) groups is 1. The van der Waals surface area contributed by atoms with Crippen LogP contribution in [-0.4, -0.2) is 18.2 Å². The van der Waals surface area contributed by atoms with Gasteiger partial charge in [0.2, 0.25) is 0 Å². The number of benzene rings is 2. The molecule has 0 amide bonds. The molecule has 0 spiro atoms. The van der Waals surface area contributed by atoms with Gasteiger partial charge in [-0.05, 0) is 11.1 Å². The van der Waals surface area contributed by atoms with Crippen molar-refractivity contribution in [2.45, 2.75) is 30.5 Å². The molecule has 0 N–H and O–H groups in total. The Kier molecular flexibility index (Phi) is 3.88. The minimum absolute atomic E-state index is 0.0145. The number of alkyl halides is 3. The second-order valence-electron chi connectivity index (χ2n) is 5.69. The smallest absolute Gasteiger partial charge is 0.392 e. The first-order valence-corrected chi connectivity index (χ1v) is 7.31. The van der Waals surface area contributed by atoms with Gasteiger partial charge in [-0.2, -0.15) is 13.2 Å². The van der Waals surface area contributed by atoms with Crippen molar-refractivity contribution in [1.82, 2.24) is 0 Å². The standard InChI is InChI=1S/C18H15F3O2/c19-18(20,21)12-15-11-17(16(22)23-15,13-7-3-1-4-8-13)14-9-5-2-6-10-14/h1-10,15H,11-12H2. The van der Waals surface area contributed by atoms with Gasteiger partial charge in [0, 0.05) is 6.42 Å². The van der Waals surface area contributed by atoms with Crippen molar-refractivity contribution in [3.63, 3.8) is 0 Å². The van der Waals surface area contributed by atoms with Crippen molar-refractivity contribution in [2.75, 3.05) is 0 Å². The summed E-state index contributed by atoms with van der Waals surface area (Å²) in [6.07, 6.45) is -6.67. The Hall–Kier alpha value is -2.30. The van der Waals surface area contributed by atoms with E-state index in [1.54, 1.807) is 60.7 Å². The molecule has 3 rings (SSSR count). The monoisotopic (exact) mass is 320 g/mol. The van der Waals surface area contributed by atoms with Gasteiger partial charge in [0.25, 0.3) is 0 Å². The van der Waals surface area contributed by atoms with E-state index >= 15 is 0 Å². The average Bonchev–Trinajstić information content (AvgIpc) is 2.84. The largest absolute Gasteiger partial charge is 0.461 e. The molecule has 0 radical (unpaired) electrons. The maximum Gasteiger partial charge on any atom is 0.392 e. The number of cyclic esters (lactones) is 1. The van der Waals surface area contributed by atoms with E-state index in [4.69, 9.17) is 4.74 Å². The lowest BCUT2D eigenvalue weighted by molar-refractivity contribution is -0.164. The zero-order chi connectivity index (χ0) is 16.5. The van der Waals surface area contributed by atoms with Crippen molar-refractivity contribution >= 4 is 5.97 Å². The molecule has 0 aliphatic carbocycles. The third kappa shape index (κ3) is 2.96. The van der Waals surface area contributed by atoms with Gasteiger partial charge in [0.05, 0.1) is 6.42 Å². The Bertz CT molecular complexity index is 641. The fourth-order valence-corrected chi connectivity index (χ4v) is 3.17. The molecule has 0 saturated carbocycles. The van der Waals surface area contributed by atoms with Gasteiger partial charge in [-0.1, -0.05) is 60.7 Å². The van der Waals surface area contributed by atoms with Gasteiger partial charge in [0.15, 0.2) is 0 Å². The molecular weight excluding hydrogens is 305 g/mol. The lowest BCUT2D eigenvalue weighted by Gasteiger charge is -2.26. The van der Waals surface area contributed by atoms with Crippen LogP contribution in [0.2, 0.25) is 0 Å². The maximum absolute atomic E-state index is 12.7. The van der Waals surface area contributed by atoms with Crippen LogP contribution >= 0.6 is 0 Å². The lowest BCUT2D eigenvalue weighted by Crippen LogP contribution is -2.33. The molecular formula is C18H15F3O2. The van der Waals surface area contributed by atoms with E-state index in [0.29, 0.717) is 11.1 Å². The molecule has 1 heterocycles. The van der Waals surface area contributed by atoms with Crippen LogP contribution in [-0.2, 0) is 14.9 Å². The van der Waals surface area contributed by atoms with Crippen LogP contribution in [0.4, 0.5) is 13.2 Å². The van der Waals surface area contributed by atoms with Gasteiger partial charge >= 0.3 is 12.1 Å². The first-order valence-electron chi connectivity index (χ1n) is 7.31. The van der Waals surface area contributed by atoms with Crippen molar-refractivity contribution in [2.24, 2.45) is 0 Å². The van der Waals surface area contributed by atoms with Crippen molar-refractivity contribution in [3.05, 3.63) is 71.8 Å². The minimum atomic E-state index is -4.37. The summed E-state index contributed by atoms with van der Waals surface area (Å²) in [5.74, 6) is -0.621. The second kappa shape index (κ2) is 5.72. The zero-order valence-electron chi connectivity index (χ0n) is 12.2. The third-order valence-corrected chi connectivity index (χ3v) is 4.15. The molecule has 1 saturated heterocycles. The number of halogens is 3. The summed E-state index contributed by atoms with van der Waals surface area (Å²) in [6.45, 7) is 0. The average molecular weight is 320 g/mol. The number of carbonyl (C=O) groups excluding carboxylic acids is 1. The molecule has 1 aliphatic rings. The fraction of sp³-hybridized carbons (Fsp3) is 0.278. The van der Waals surface area contributed by atoms with Crippen LogP contribution in [0, 0.1) is 0 Å². The summed E-state index contributed by atoms with van der Waals surface area (Å²) in [5, 5.41) is 0. The molecule has 0 aromatic heterocycles. The van der Waals surface area contributed by atoms with Crippen LogP contribution in [0.15, 0.2) is 60.7 Å². The molecule has 120 valence electrons. The number of hydrogen-bond donors (Lipinski definition) is 0. The van der Waals surface area contributed by atoms with Gasteiger partial charge in [-0.15, -0.1) is 0 Å². The first-order chi connectivity index (χ1) is 10.9. The van der Waals surface area contributed by atoms with E-state index in [-0.39, 0.29) is 6.42 Å². The predicted molar refractivity (Wildman–Crippen MR) is 78.8 cm³/mol. The summed E-state index contributed by atoms with van der Waals surface area (Å²) in [4.78, 5) is 12.6. The molecule has 23 heavy (non-hydrogen) atoms. The molecule has 2 nitrogen and oxygen atoms in total. The van der Waals surface area contributed by atoms with Crippen molar-refractivity contribution in [1.29, 1.82) is 0 Å². The maximum atomic E-state index is 12.7. The summed E-state index contributed by atoms with van der Waals surface area (Å²) in [5.41, 5.74) is 0.125. The SMILES string of the molecule is O=C1OC(CC(F)(F)F)CC1(c1ccccc1)c1ccccc1. The van der Waals surface area contributed by atoms with Crippen LogP contribution in [0.3, 0.4) is 0 Å². The van der Waals surface area contributed by atoms with E-state index in [9.17, 15) is 18.0 Å². The summed E-state index contributed by atoms with van der Waals surface area (Å²) in [6, 6.07) is 17.7. The van der Waals surface area contributed by atoms with Gasteiger partial charge in [0.1, 0.15) is 11.5 Å². The number of rotatable bonds is 3. The Morgan fingerprint density at radius 2 is 1.43 bits per heavy atom. The van der Waals surface area contributed by atoms with Gasteiger partial charge < -0.3 is 4.74 Å². The van der Waals surface area contributed by atoms with Gasteiger partial charge in [-0.25, -0.2) is 0 Å². The molecule has 2 aromatic carbocycles. The quantitative estimate of drug-likeness (QED) is 0.791. The van der Waals surface area contributed by atoms with E-state index in [0.717, 1.165) is 0 Å². The van der Waals surface area contributed by atoms with E-state index in [1.165, 1.54) is 0 Å². The van der Waals surface area contributed by atoms with E-state index < -0.39 is 30.1 Å². The number of esters is 1. The summed E-state index contributed by atoms with van der Waals surface area (Å²) >= 11 is 0. The highest BCUT2D eigenvalue weighted by Gasteiger charge is 2.53. The molecule has 5 heteroatoms. The Morgan fingerprint density at radius 3 is 1.87 bits per heavy atom. The lowest BCUT2D eigenvalue weighted by atomic mass is 9.72. The molecule has 1 atom stereocenters. The third-order valence-electron chi connectivity index (χ3n) is 4.15. The number of hydrogen-bond acceptors (Lipinski definition) is 2. The second-order valence-corrected chi connectivity index (χ2v) is 5.69. The first kappa shape index (κ1) is 15.6. The molecule has 0 bridgehead atoms. The van der Waals surface area contributed by atoms with E-state index in [2.05, 4.69) is 0 Å². The van der Waals surface area contributed by atoms with Crippen molar-refractivity contribution in [3.8, 4) is 0 Å².